The quantitative estimate of drug-likeness (QED) is 0.857. The molecule has 5 heteroatoms. The fraction of sp³-hybridized carbons (Fsp3) is 0.467. The molecule has 0 saturated heterocycles. The maximum Gasteiger partial charge on any atom is 0.311 e. The average molecular weight is 290 g/mol. The minimum absolute atomic E-state index is 0.175. The SMILES string of the molecule is NCC(Cc1nc2ccccc2s1)(CC1CC1)C(=O)O. The van der Waals surface area contributed by atoms with Gasteiger partial charge in [0.25, 0.3) is 0 Å². The van der Waals surface area contributed by atoms with Crippen LogP contribution >= 0.6 is 11.3 Å². The summed E-state index contributed by atoms with van der Waals surface area (Å²) >= 11 is 1.57. The van der Waals surface area contributed by atoms with E-state index in [2.05, 4.69) is 4.98 Å². The molecule has 0 spiro atoms. The molecule has 1 unspecified atom stereocenters. The number of para-hydroxylation sites is 1. The minimum atomic E-state index is -0.852. The van der Waals surface area contributed by atoms with Crippen LogP contribution in [0.4, 0.5) is 0 Å². The first kappa shape index (κ1) is 13.5. The lowest BCUT2D eigenvalue weighted by Gasteiger charge is -2.26. The van der Waals surface area contributed by atoms with Gasteiger partial charge in [-0.05, 0) is 24.5 Å². The fourth-order valence-electron chi connectivity index (χ4n) is 2.64. The number of fused-ring (bicyclic) bond motifs is 1. The van der Waals surface area contributed by atoms with Gasteiger partial charge in [-0.3, -0.25) is 4.79 Å². The summed E-state index contributed by atoms with van der Waals surface area (Å²) in [6.45, 7) is 0.175. The van der Waals surface area contributed by atoms with E-state index in [4.69, 9.17) is 5.73 Å². The summed E-state index contributed by atoms with van der Waals surface area (Å²) in [5.74, 6) is -0.254. The second-order valence-electron chi connectivity index (χ2n) is 5.69. The van der Waals surface area contributed by atoms with Crippen LogP contribution in [0.3, 0.4) is 0 Å². The van der Waals surface area contributed by atoms with Crippen LogP contribution in [0.15, 0.2) is 24.3 Å². The Kier molecular flexibility index (Phi) is 3.48. The Morgan fingerprint density at radius 2 is 2.20 bits per heavy atom. The molecule has 3 rings (SSSR count). The summed E-state index contributed by atoms with van der Waals surface area (Å²) in [4.78, 5) is 16.3. The predicted octanol–water partition coefficient (Wildman–Crippen LogP) is 2.67. The first-order valence-electron chi connectivity index (χ1n) is 6.91. The van der Waals surface area contributed by atoms with Crippen molar-refractivity contribution in [2.75, 3.05) is 6.54 Å². The number of benzene rings is 1. The lowest BCUT2D eigenvalue weighted by atomic mass is 9.79. The van der Waals surface area contributed by atoms with Crippen LogP contribution in [-0.4, -0.2) is 22.6 Å². The number of hydrogen-bond acceptors (Lipinski definition) is 4. The molecule has 1 fully saturated rings. The van der Waals surface area contributed by atoms with Crippen molar-refractivity contribution in [2.45, 2.75) is 25.7 Å². The highest BCUT2D eigenvalue weighted by Crippen LogP contribution is 2.42. The largest absolute Gasteiger partial charge is 0.481 e. The zero-order valence-corrected chi connectivity index (χ0v) is 12.0. The van der Waals surface area contributed by atoms with Crippen LogP contribution in [0.5, 0.6) is 0 Å². The Morgan fingerprint density at radius 3 is 2.80 bits per heavy atom. The summed E-state index contributed by atoms with van der Waals surface area (Å²) in [5, 5.41) is 10.5. The summed E-state index contributed by atoms with van der Waals surface area (Å²) in [6.07, 6.45) is 3.38. The van der Waals surface area contributed by atoms with Gasteiger partial charge in [-0.2, -0.15) is 0 Å². The van der Waals surface area contributed by atoms with Gasteiger partial charge in [-0.15, -0.1) is 11.3 Å². The van der Waals surface area contributed by atoms with Gasteiger partial charge >= 0.3 is 5.97 Å². The molecule has 1 saturated carbocycles. The van der Waals surface area contributed by atoms with E-state index in [9.17, 15) is 9.90 Å². The zero-order chi connectivity index (χ0) is 14.2. The molecule has 2 aromatic rings. The molecule has 106 valence electrons. The molecule has 1 aromatic carbocycles. The summed E-state index contributed by atoms with van der Waals surface area (Å²) < 4.78 is 1.10. The molecule has 3 N–H and O–H groups in total. The first-order chi connectivity index (χ1) is 9.63. The van der Waals surface area contributed by atoms with E-state index in [0.717, 1.165) is 28.1 Å². The van der Waals surface area contributed by atoms with Crippen LogP contribution in [0, 0.1) is 11.3 Å². The van der Waals surface area contributed by atoms with Crippen LogP contribution in [0.1, 0.15) is 24.3 Å². The van der Waals surface area contributed by atoms with Crippen LogP contribution in [0.25, 0.3) is 10.2 Å². The van der Waals surface area contributed by atoms with Crippen molar-refractivity contribution < 1.29 is 9.90 Å². The van der Waals surface area contributed by atoms with Crippen molar-refractivity contribution in [3.05, 3.63) is 29.3 Å². The molecular weight excluding hydrogens is 272 g/mol. The molecule has 1 atom stereocenters. The van der Waals surface area contributed by atoms with Gasteiger partial charge in [0.2, 0.25) is 0 Å². The van der Waals surface area contributed by atoms with E-state index in [-0.39, 0.29) is 6.54 Å². The average Bonchev–Trinajstić information content (AvgIpc) is 3.14. The topological polar surface area (TPSA) is 76.2 Å². The predicted molar refractivity (Wildman–Crippen MR) is 79.8 cm³/mol. The van der Waals surface area contributed by atoms with Crippen LogP contribution in [-0.2, 0) is 11.2 Å². The van der Waals surface area contributed by atoms with Crippen LogP contribution < -0.4 is 5.73 Å². The third kappa shape index (κ3) is 2.55. The molecule has 0 bridgehead atoms. The highest BCUT2D eigenvalue weighted by atomic mass is 32.1. The van der Waals surface area contributed by atoms with Crippen molar-refractivity contribution in [3.63, 3.8) is 0 Å². The molecule has 1 heterocycles. The molecule has 0 aliphatic heterocycles. The van der Waals surface area contributed by atoms with E-state index in [1.807, 2.05) is 24.3 Å². The van der Waals surface area contributed by atoms with Crippen molar-refractivity contribution >= 4 is 27.5 Å². The molecule has 20 heavy (non-hydrogen) atoms. The third-order valence-corrected chi connectivity index (χ3v) is 5.08. The van der Waals surface area contributed by atoms with E-state index in [1.54, 1.807) is 11.3 Å². The Morgan fingerprint density at radius 1 is 1.45 bits per heavy atom. The number of carbonyl (C=O) groups is 1. The van der Waals surface area contributed by atoms with Crippen molar-refractivity contribution in [3.8, 4) is 0 Å². The smallest absolute Gasteiger partial charge is 0.311 e. The Labute approximate surface area is 121 Å². The fourth-order valence-corrected chi connectivity index (χ4v) is 3.75. The number of nitrogens with zero attached hydrogens (tertiary/aromatic N) is 1. The molecule has 1 aliphatic rings. The van der Waals surface area contributed by atoms with Gasteiger partial charge < -0.3 is 10.8 Å². The zero-order valence-electron chi connectivity index (χ0n) is 11.2. The maximum atomic E-state index is 11.7. The standard InChI is InChI=1S/C15H18N2O2S/c16-9-15(14(18)19,7-10-5-6-10)8-13-17-11-3-1-2-4-12(11)20-13/h1-4,10H,5-9,16H2,(H,18,19). The molecule has 0 radical (unpaired) electrons. The number of thiazole rings is 1. The highest BCUT2D eigenvalue weighted by Gasteiger charge is 2.43. The normalized spacial score (nSPS) is 18.1. The van der Waals surface area contributed by atoms with E-state index >= 15 is 0 Å². The van der Waals surface area contributed by atoms with Crippen molar-refractivity contribution in [1.29, 1.82) is 0 Å². The minimum Gasteiger partial charge on any atom is -0.481 e. The van der Waals surface area contributed by atoms with Gasteiger partial charge in [0.1, 0.15) is 0 Å². The molecular formula is C15H18N2O2S. The number of carboxylic acid groups (broad SMARTS) is 1. The lowest BCUT2D eigenvalue weighted by Crippen LogP contribution is -2.41. The lowest BCUT2D eigenvalue weighted by molar-refractivity contribution is -0.149. The maximum absolute atomic E-state index is 11.7. The molecule has 1 aliphatic carbocycles. The molecule has 4 nitrogen and oxygen atoms in total. The van der Waals surface area contributed by atoms with E-state index in [1.165, 1.54) is 0 Å². The summed E-state index contributed by atoms with van der Waals surface area (Å²) in [7, 11) is 0. The Hall–Kier alpha value is -1.46. The number of aliphatic carboxylic acids is 1. The van der Waals surface area contributed by atoms with E-state index in [0.29, 0.717) is 18.8 Å². The Balaban J connectivity index is 1.89. The molecule has 1 aromatic heterocycles. The summed E-state index contributed by atoms with van der Waals surface area (Å²) in [6, 6.07) is 7.90. The van der Waals surface area contributed by atoms with Crippen LogP contribution in [0.2, 0.25) is 0 Å². The highest BCUT2D eigenvalue weighted by molar-refractivity contribution is 7.18. The second kappa shape index (κ2) is 5.14. The number of nitrogens with two attached hydrogens (primary N) is 1. The Bertz CT molecular complexity index is 603. The number of aromatic nitrogens is 1. The van der Waals surface area contributed by atoms with Gasteiger partial charge in [-0.25, -0.2) is 4.98 Å². The van der Waals surface area contributed by atoms with E-state index < -0.39 is 11.4 Å². The van der Waals surface area contributed by atoms with Crippen molar-refractivity contribution in [1.82, 2.24) is 4.98 Å². The van der Waals surface area contributed by atoms with Gasteiger partial charge in [0.15, 0.2) is 0 Å². The second-order valence-corrected chi connectivity index (χ2v) is 6.80. The summed E-state index contributed by atoms with van der Waals surface area (Å²) in [5.41, 5.74) is 5.91. The number of carboxylic acids is 1. The number of rotatable bonds is 6. The van der Waals surface area contributed by atoms with Gasteiger partial charge in [0, 0.05) is 13.0 Å². The number of hydrogen-bond donors (Lipinski definition) is 2. The third-order valence-electron chi connectivity index (χ3n) is 4.05. The first-order valence-corrected chi connectivity index (χ1v) is 7.72. The molecule has 0 amide bonds. The van der Waals surface area contributed by atoms with Crippen molar-refractivity contribution in [2.24, 2.45) is 17.1 Å². The monoisotopic (exact) mass is 290 g/mol. The van der Waals surface area contributed by atoms with Gasteiger partial charge in [0.05, 0.1) is 20.6 Å². The van der Waals surface area contributed by atoms with Gasteiger partial charge in [-0.1, -0.05) is 25.0 Å².